The molecule has 1 saturated heterocycles. The van der Waals surface area contributed by atoms with Gasteiger partial charge in [-0.15, -0.1) is 21.5 Å². The van der Waals surface area contributed by atoms with Crippen molar-refractivity contribution in [2.45, 2.75) is 11.7 Å². The van der Waals surface area contributed by atoms with Gasteiger partial charge in [-0.3, -0.25) is 9.36 Å². The molecular formula is C25H25N5O2S2. The zero-order chi connectivity index (χ0) is 23.2. The molecule has 1 aliphatic rings. The third-order valence-corrected chi connectivity index (χ3v) is 7.33. The summed E-state index contributed by atoms with van der Waals surface area (Å²) in [6.07, 6.45) is 0. The maximum atomic E-state index is 12.7. The fraction of sp³-hybridized carbons (Fsp3) is 0.240. The van der Waals surface area contributed by atoms with Crippen LogP contribution in [0.2, 0.25) is 0 Å². The highest BCUT2D eigenvalue weighted by atomic mass is 32.2. The van der Waals surface area contributed by atoms with Crippen LogP contribution in [0.5, 0.6) is 0 Å². The normalized spacial score (nSPS) is 13.7. The van der Waals surface area contributed by atoms with E-state index in [-0.39, 0.29) is 11.7 Å². The van der Waals surface area contributed by atoms with E-state index in [9.17, 15) is 4.79 Å². The maximum absolute atomic E-state index is 12.7. The number of anilines is 2. The molecule has 0 atom stereocenters. The van der Waals surface area contributed by atoms with Gasteiger partial charge >= 0.3 is 0 Å². The summed E-state index contributed by atoms with van der Waals surface area (Å²) in [5.74, 6) is 0.999. The lowest BCUT2D eigenvalue weighted by Gasteiger charge is -2.28. The fourth-order valence-electron chi connectivity index (χ4n) is 3.80. The van der Waals surface area contributed by atoms with Gasteiger partial charge in [0, 0.05) is 24.5 Å². The minimum atomic E-state index is -0.0731. The summed E-state index contributed by atoms with van der Waals surface area (Å²) in [5, 5.41) is 14.6. The molecule has 1 amide bonds. The van der Waals surface area contributed by atoms with Crippen LogP contribution in [0.25, 0.3) is 10.7 Å². The largest absolute Gasteiger partial charge is 0.378 e. The standard InChI is InChI=1S/C25H25N5O2S2/c31-23(26-20-8-10-21(11-9-20)29-12-14-32-15-13-29)18-34-25-28-27-24(22-7-4-16-33-22)30(25)17-19-5-2-1-3-6-19/h1-11,16H,12-15,17-18H2,(H,26,31). The molecule has 1 aliphatic heterocycles. The highest BCUT2D eigenvalue weighted by Crippen LogP contribution is 2.28. The number of carbonyl (C=O) groups excluding carboxylic acids is 1. The smallest absolute Gasteiger partial charge is 0.234 e. The molecule has 0 bridgehead atoms. The zero-order valence-corrected chi connectivity index (χ0v) is 20.2. The number of benzene rings is 2. The zero-order valence-electron chi connectivity index (χ0n) is 18.6. The maximum Gasteiger partial charge on any atom is 0.234 e. The lowest BCUT2D eigenvalue weighted by molar-refractivity contribution is -0.113. The Labute approximate surface area is 206 Å². The summed E-state index contributed by atoms with van der Waals surface area (Å²) in [7, 11) is 0. The molecule has 174 valence electrons. The van der Waals surface area contributed by atoms with Crippen LogP contribution < -0.4 is 10.2 Å². The number of amides is 1. The van der Waals surface area contributed by atoms with Crippen LogP contribution in [0.15, 0.2) is 77.3 Å². The van der Waals surface area contributed by atoms with E-state index in [1.165, 1.54) is 11.8 Å². The van der Waals surface area contributed by atoms with Crippen LogP contribution >= 0.6 is 23.1 Å². The van der Waals surface area contributed by atoms with E-state index in [2.05, 4.69) is 37.1 Å². The highest BCUT2D eigenvalue weighted by Gasteiger charge is 2.17. The molecule has 34 heavy (non-hydrogen) atoms. The molecule has 4 aromatic rings. The number of hydrogen-bond acceptors (Lipinski definition) is 7. The Morgan fingerprint density at radius 3 is 2.53 bits per heavy atom. The van der Waals surface area contributed by atoms with E-state index < -0.39 is 0 Å². The van der Waals surface area contributed by atoms with E-state index in [0.29, 0.717) is 6.54 Å². The Morgan fingerprint density at radius 2 is 1.79 bits per heavy atom. The first-order valence-electron chi connectivity index (χ1n) is 11.1. The molecule has 2 aromatic carbocycles. The first-order chi connectivity index (χ1) is 16.8. The van der Waals surface area contributed by atoms with E-state index in [1.807, 2.05) is 60.0 Å². The van der Waals surface area contributed by atoms with Gasteiger partial charge < -0.3 is 15.0 Å². The van der Waals surface area contributed by atoms with Gasteiger partial charge in [0.2, 0.25) is 5.91 Å². The number of carbonyl (C=O) groups is 1. The Morgan fingerprint density at radius 1 is 1.00 bits per heavy atom. The van der Waals surface area contributed by atoms with Crippen LogP contribution in [0.3, 0.4) is 0 Å². The van der Waals surface area contributed by atoms with Crippen molar-refractivity contribution in [3.05, 3.63) is 77.7 Å². The summed E-state index contributed by atoms with van der Waals surface area (Å²) >= 11 is 3.03. The molecule has 0 aliphatic carbocycles. The van der Waals surface area contributed by atoms with E-state index in [1.54, 1.807) is 11.3 Å². The van der Waals surface area contributed by atoms with Crippen molar-refractivity contribution in [2.75, 3.05) is 42.3 Å². The third-order valence-electron chi connectivity index (χ3n) is 5.50. The molecule has 7 nitrogen and oxygen atoms in total. The number of thiophene rings is 1. The predicted molar refractivity (Wildman–Crippen MR) is 138 cm³/mol. The molecule has 9 heteroatoms. The molecule has 0 saturated carbocycles. The van der Waals surface area contributed by atoms with Gasteiger partial charge in [0.25, 0.3) is 0 Å². The van der Waals surface area contributed by atoms with Gasteiger partial charge in [-0.2, -0.15) is 0 Å². The molecule has 3 heterocycles. The van der Waals surface area contributed by atoms with Gasteiger partial charge in [-0.05, 0) is 41.3 Å². The highest BCUT2D eigenvalue weighted by molar-refractivity contribution is 7.99. The van der Waals surface area contributed by atoms with Crippen molar-refractivity contribution >= 4 is 40.4 Å². The van der Waals surface area contributed by atoms with Crippen LogP contribution in [-0.4, -0.2) is 52.7 Å². The van der Waals surface area contributed by atoms with Gasteiger partial charge in [-0.25, -0.2) is 0 Å². The average Bonchev–Trinajstić information content (AvgIpc) is 3.55. The first-order valence-corrected chi connectivity index (χ1v) is 13.0. The van der Waals surface area contributed by atoms with Gasteiger partial charge in [0.05, 0.1) is 30.4 Å². The van der Waals surface area contributed by atoms with Crippen LogP contribution in [-0.2, 0) is 16.1 Å². The first kappa shape index (κ1) is 22.6. The Balaban J connectivity index is 1.24. The summed E-state index contributed by atoms with van der Waals surface area (Å²) in [4.78, 5) is 16.0. The van der Waals surface area contributed by atoms with Crippen molar-refractivity contribution in [3.8, 4) is 10.7 Å². The minimum Gasteiger partial charge on any atom is -0.378 e. The number of rotatable bonds is 8. The summed E-state index contributed by atoms with van der Waals surface area (Å²) in [6.45, 7) is 3.92. The van der Waals surface area contributed by atoms with Crippen LogP contribution in [0.1, 0.15) is 5.56 Å². The number of nitrogens with one attached hydrogen (secondary N) is 1. The summed E-state index contributed by atoms with van der Waals surface area (Å²) in [5.41, 5.74) is 3.09. The summed E-state index contributed by atoms with van der Waals surface area (Å²) in [6, 6.07) is 22.2. The Kier molecular flexibility index (Phi) is 7.23. The number of ether oxygens (including phenoxy) is 1. The molecular weight excluding hydrogens is 466 g/mol. The topological polar surface area (TPSA) is 72.3 Å². The number of nitrogens with zero attached hydrogens (tertiary/aromatic N) is 4. The molecule has 2 aromatic heterocycles. The van der Waals surface area contributed by atoms with Crippen molar-refractivity contribution in [3.63, 3.8) is 0 Å². The lowest BCUT2D eigenvalue weighted by Crippen LogP contribution is -2.36. The van der Waals surface area contributed by atoms with Crippen molar-refractivity contribution in [2.24, 2.45) is 0 Å². The van der Waals surface area contributed by atoms with Crippen molar-refractivity contribution < 1.29 is 9.53 Å². The lowest BCUT2D eigenvalue weighted by atomic mass is 10.2. The molecule has 0 spiro atoms. The number of hydrogen-bond donors (Lipinski definition) is 1. The minimum absolute atomic E-state index is 0.0731. The van der Waals surface area contributed by atoms with Crippen LogP contribution in [0.4, 0.5) is 11.4 Å². The van der Waals surface area contributed by atoms with Crippen LogP contribution in [0, 0.1) is 0 Å². The fourth-order valence-corrected chi connectivity index (χ4v) is 5.25. The third kappa shape index (κ3) is 5.49. The van der Waals surface area contributed by atoms with E-state index >= 15 is 0 Å². The predicted octanol–water partition coefficient (Wildman–Crippen LogP) is 4.62. The number of thioether (sulfide) groups is 1. The number of morpholine rings is 1. The molecule has 1 fully saturated rings. The Hall–Kier alpha value is -3.14. The second-order valence-corrected chi connectivity index (χ2v) is 9.73. The van der Waals surface area contributed by atoms with E-state index in [0.717, 1.165) is 59.1 Å². The molecule has 5 rings (SSSR count). The van der Waals surface area contributed by atoms with Gasteiger partial charge in [0.1, 0.15) is 0 Å². The second-order valence-electron chi connectivity index (χ2n) is 7.84. The monoisotopic (exact) mass is 491 g/mol. The second kappa shape index (κ2) is 10.9. The SMILES string of the molecule is O=C(CSc1nnc(-c2cccs2)n1Cc1ccccc1)Nc1ccc(N2CCOCC2)cc1. The van der Waals surface area contributed by atoms with E-state index in [4.69, 9.17) is 4.74 Å². The average molecular weight is 492 g/mol. The summed E-state index contributed by atoms with van der Waals surface area (Å²) < 4.78 is 7.49. The molecule has 0 radical (unpaired) electrons. The molecule has 0 unspecified atom stereocenters. The van der Waals surface area contributed by atoms with Gasteiger partial charge in [-0.1, -0.05) is 48.2 Å². The van der Waals surface area contributed by atoms with Gasteiger partial charge in [0.15, 0.2) is 11.0 Å². The Bertz CT molecular complexity index is 1200. The molecule has 1 N–H and O–H groups in total. The van der Waals surface area contributed by atoms with Crippen molar-refractivity contribution in [1.82, 2.24) is 14.8 Å². The van der Waals surface area contributed by atoms with Crippen molar-refractivity contribution in [1.29, 1.82) is 0 Å². The number of aromatic nitrogens is 3. The quantitative estimate of drug-likeness (QED) is 0.363.